The van der Waals surface area contributed by atoms with Gasteiger partial charge in [-0.3, -0.25) is 4.79 Å². The molecule has 162 valence electrons. The first-order chi connectivity index (χ1) is 15.4. The highest BCUT2D eigenvalue weighted by Crippen LogP contribution is 2.29. The topological polar surface area (TPSA) is 84.5 Å². The van der Waals surface area contributed by atoms with Gasteiger partial charge in [-0.2, -0.15) is 4.72 Å². The van der Waals surface area contributed by atoms with Crippen molar-refractivity contribution in [2.75, 3.05) is 5.32 Å². The number of nitrogens with one attached hydrogen (secondary N) is 2. The molecule has 4 rings (SSSR count). The van der Waals surface area contributed by atoms with E-state index >= 15 is 0 Å². The number of carbonyl (C=O) groups is 1. The maximum absolute atomic E-state index is 12.8. The Bertz CT molecular complexity index is 1350. The van der Waals surface area contributed by atoms with Gasteiger partial charge in [0, 0.05) is 0 Å². The second-order valence-corrected chi connectivity index (χ2v) is 8.97. The van der Waals surface area contributed by atoms with E-state index in [1.807, 2.05) is 42.5 Å². The number of benzene rings is 4. The fourth-order valence-electron chi connectivity index (χ4n) is 3.20. The van der Waals surface area contributed by atoms with Crippen molar-refractivity contribution in [3.05, 3.63) is 97.1 Å². The Morgan fingerprint density at radius 1 is 0.812 bits per heavy atom. The van der Waals surface area contributed by atoms with E-state index in [0.717, 1.165) is 10.8 Å². The number of hydrogen-bond acceptors (Lipinski definition) is 4. The number of amides is 1. The Kier molecular flexibility index (Phi) is 6.20. The Hall–Kier alpha value is -3.68. The zero-order valence-corrected chi connectivity index (χ0v) is 18.2. The van der Waals surface area contributed by atoms with Gasteiger partial charge in [-0.15, -0.1) is 0 Å². The maximum atomic E-state index is 12.8. The molecule has 0 bridgehead atoms. The molecule has 0 saturated carbocycles. The number of hydrogen-bond donors (Lipinski definition) is 2. The van der Waals surface area contributed by atoms with Crippen LogP contribution in [0, 0.1) is 0 Å². The number of anilines is 1. The molecule has 0 aliphatic heterocycles. The van der Waals surface area contributed by atoms with Crippen LogP contribution in [0.1, 0.15) is 6.92 Å². The van der Waals surface area contributed by atoms with Crippen LogP contribution in [-0.4, -0.2) is 20.4 Å². The lowest BCUT2D eigenvalue weighted by atomic mass is 10.1. The second kappa shape index (κ2) is 9.21. The van der Waals surface area contributed by atoms with Crippen LogP contribution >= 0.6 is 0 Å². The largest absolute Gasteiger partial charge is 0.455 e. The Balaban J connectivity index is 1.48. The molecule has 0 aliphatic carbocycles. The maximum Gasteiger partial charge on any atom is 0.242 e. The number of ether oxygens (including phenoxy) is 1. The SMILES string of the molecule is C[C@H](NS(=O)(=O)c1ccc2ccccc2c1)C(=O)Nc1ccccc1Oc1ccccc1. The van der Waals surface area contributed by atoms with Crippen molar-refractivity contribution in [2.24, 2.45) is 0 Å². The first-order valence-electron chi connectivity index (χ1n) is 10.1. The predicted molar refractivity (Wildman–Crippen MR) is 125 cm³/mol. The normalized spacial score (nSPS) is 12.3. The van der Waals surface area contributed by atoms with Gasteiger partial charge in [0.05, 0.1) is 16.6 Å². The van der Waals surface area contributed by atoms with Gasteiger partial charge >= 0.3 is 0 Å². The molecule has 1 atom stereocenters. The van der Waals surface area contributed by atoms with Crippen molar-refractivity contribution in [3.63, 3.8) is 0 Å². The first kappa shape index (κ1) is 21.5. The van der Waals surface area contributed by atoms with Gasteiger partial charge in [0.1, 0.15) is 5.75 Å². The zero-order valence-electron chi connectivity index (χ0n) is 17.4. The fraction of sp³-hybridized carbons (Fsp3) is 0.0800. The summed E-state index contributed by atoms with van der Waals surface area (Å²) >= 11 is 0. The van der Waals surface area contributed by atoms with Crippen molar-refractivity contribution in [1.29, 1.82) is 0 Å². The molecule has 1 amide bonds. The Morgan fingerprint density at radius 2 is 1.47 bits per heavy atom. The average molecular weight is 447 g/mol. The number of para-hydroxylation sites is 3. The lowest BCUT2D eigenvalue weighted by Crippen LogP contribution is -2.41. The smallest absolute Gasteiger partial charge is 0.242 e. The highest BCUT2D eigenvalue weighted by Gasteiger charge is 2.23. The van der Waals surface area contributed by atoms with Crippen LogP contribution in [0.25, 0.3) is 10.8 Å². The molecule has 0 saturated heterocycles. The van der Waals surface area contributed by atoms with Gasteiger partial charge < -0.3 is 10.1 Å². The molecule has 7 heteroatoms. The summed E-state index contributed by atoms with van der Waals surface area (Å²) < 4.78 is 34.0. The summed E-state index contributed by atoms with van der Waals surface area (Å²) in [5, 5.41) is 4.49. The van der Waals surface area contributed by atoms with Crippen LogP contribution in [0.2, 0.25) is 0 Å². The van der Waals surface area contributed by atoms with Crippen LogP contribution in [0.4, 0.5) is 5.69 Å². The molecule has 0 aliphatic rings. The van der Waals surface area contributed by atoms with Crippen molar-refractivity contribution in [2.45, 2.75) is 17.9 Å². The summed E-state index contributed by atoms with van der Waals surface area (Å²) in [5.41, 5.74) is 0.443. The molecule has 0 radical (unpaired) electrons. The molecular formula is C25H22N2O4S. The quantitative estimate of drug-likeness (QED) is 0.421. The minimum atomic E-state index is -3.89. The van der Waals surface area contributed by atoms with Crippen molar-refractivity contribution in [3.8, 4) is 11.5 Å². The molecule has 0 heterocycles. The van der Waals surface area contributed by atoms with Gasteiger partial charge in [-0.25, -0.2) is 8.42 Å². The van der Waals surface area contributed by atoms with Crippen LogP contribution in [-0.2, 0) is 14.8 Å². The van der Waals surface area contributed by atoms with E-state index in [9.17, 15) is 13.2 Å². The molecule has 0 aromatic heterocycles. The predicted octanol–water partition coefficient (Wildman–Crippen LogP) is 4.94. The summed E-state index contributed by atoms with van der Waals surface area (Å²) in [6.07, 6.45) is 0. The fourth-order valence-corrected chi connectivity index (χ4v) is 4.44. The van der Waals surface area contributed by atoms with E-state index in [1.165, 1.54) is 13.0 Å². The van der Waals surface area contributed by atoms with Crippen molar-refractivity contribution < 1.29 is 17.9 Å². The van der Waals surface area contributed by atoms with E-state index in [1.54, 1.807) is 48.5 Å². The third-order valence-electron chi connectivity index (χ3n) is 4.87. The summed E-state index contributed by atoms with van der Waals surface area (Å²) in [6.45, 7) is 1.49. The average Bonchev–Trinajstić information content (AvgIpc) is 2.80. The number of carbonyl (C=O) groups excluding carboxylic acids is 1. The van der Waals surface area contributed by atoms with Crippen molar-refractivity contribution in [1.82, 2.24) is 4.72 Å². The van der Waals surface area contributed by atoms with E-state index in [2.05, 4.69) is 10.0 Å². The standard InChI is InChI=1S/C25H22N2O4S/c1-18(27-32(29,30)22-16-15-19-9-5-6-10-20(19)17-22)25(28)26-23-13-7-8-14-24(23)31-21-11-3-2-4-12-21/h2-18,27H,1H3,(H,26,28)/t18-/m0/s1. The zero-order chi connectivity index (χ0) is 22.6. The van der Waals surface area contributed by atoms with E-state index in [0.29, 0.717) is 17.2 Å². The Labute approximate surface area is 186 Å². The minimum Gasteiger partial charge on any atom is -0.455 e. The van der Waals surface area contributed by atoms with E-state index < -0.39 is 22.0 Å². The molecule has 0 unspecified atom stereocenters. The number of rotatable bonds is 7. The number of fused-ring (bicyclic) bond motifs is 1. The summed E-state index contributed by atoms with van der Waals surface area (Å²) in [6, 6.07) is 27.5. The summed E-state index contributed by atoms with van der Waals surface area (Å²) in [5.74, 6) is 0.578. The molecule has 6 nitrogen and oxygen atoms in total. The van der Waals surface area contributed by atoms with Crippen LogP contribution < -0.4 is 14.8 Å². The van der Waals surface area contributed by atoms with E-state index in [4.69, 9.17) is 4.74 Å². The molecule has 4 aromatic rings. The van der Waals surface area contributed by atoms with Crippen molar-refractivity contribution >= 4 is 32.4 Å². The third-order valence-corrected chi connectivity index (χ3v) is 6.41. The number of sulfonamides is 1. The van der Waals surface area contributed by atoms with Crippen LogP contribution in [0.15, 0.2) is 102 Å². The van der Waals surface area contributed by atoms with Crippen LogP contribution in [0.5, 0.6) is 11.5 Å². The highest BCUT2D eigenvalue weighted by atomic mass is 32.2. The Morgan fingerprint density at radius 3 is 2.25 bits per heavy atom. The molecule has 4 aromatic carbocycles. The molecule has 0 spiro atoms. The minimum absolute atomic E-state index is 0.101. The second-order valence-electron chi connectivity index (χ2n) is 7.25. The lowest BCUT2D eigenvalue weighted by Gasteiger charge is -2.17. The van der Waals surface area contributed by atoms with Gasteiger partial charge in [0.2, 0.25) is 15.9 Å². The summed E-state index contributed by atoms with van der Waals surface area (Å²) in [4.78, 5) is 12.8. The summed E-state index contributed by atoms with van der Waals surface area (Å²) in [7, 11) is -3.89. The third kappa shape index (κ3) is 4.96. The van der Waals surface area contributed by atoms with Gasteiger partial charge in [0.15, 0.2) is 5.75 Å². The molecule has 0 fully saturated rings. The van der Waals surface area contributed by atoms with Gasteiger partial charge in [-0.1, -0.05) is 60.7 Å². The monoisotopic (exact) mass is 446 g/mol. The highest BCUT2D eigenvalue weighted by molar-refractivity contribution is 7.89. The lowest BCUT2D eigenvalue weighted by molar-refractivity contribution is -0.117. The van der Waals surface area contributed by atoms with Gasteiger partial charge in [-0.05, 0) is 54.1 Å². The van der Waals surface area contributed by atoms with E-state index in [-0.39, 0.29) is 4.90 Å². The molecule has 32 heavy (non-hydrogen) atoms. The van der Waals surface area contributed by atoms with Gasteiger partial charge in [0.25, 0.3) is 0 Å². The molecular weight excluding hydrogens is 424 g/mol. The molecule has 2 N–H and O–H groups in total. The van der Waals surface area contributed by atoms with Crippen LogP contribution in [0.3, 0.4) is 0 Å². The first-order valence-corrected chi connectivity index (χ1v) is 11.5.